The molecule has 18 heavy (non-hydrogen) atoms. The van der Waals surface area contributed by atoms with E-state index in [0.29, 0.717) is 12.2 Å². The molecule has 0 radical (unpaired) electrons. The average Bonchev–Trinajstić information content (AvgIpc) is 2.36. The number of rotatable bonds is 5. The van der Waals surface area contributed by atoms with E-state index in [-0.39, 0.29) is 6.10 Å². The Hall–Kier alpha value is -1.88. The van der Waals surface area contributed by atoms with Crippen LogP contribution in [0.3, 0.4) is 0 Å². The maximum Gasteiger partial charge on any atom is 0.137 e. The van der Waals surface area contributed by atoms with Gasteiger partial charge < -0.3 is 16.2 Å². The fourth-order valence-corrected chi connectivity index (χ4v) is 1.86. The third-order valence-electron chi connectivity index (χ3n) is 2.79. The summed E-state index contributed by atoms with van der Waals surface area (Å²) in [5.74, 6) is 0.732. The summed E-state index contributed by atoms with van der Waals surface area (Å²) in [5, 5.41) is 13.8. The van der Waals surface area contributed by atoms with Gasteiger partial charge in [0.1, 0.15) is 12.1 Å². The minimum atomic E-state index is -0.353. The quantitative estimate of drug-likeness (QED) is 0.700. The first-order chi connectivity index (χ1) is 8.70. The molecule has 0 aliphatic rings. The van der Waals surface area contributed by atoms with Gasteiger partial charge in [0.2, 0.25) is 0 Å². The maximum atomic E-state index is 9.70. The Balaban J connectivity index is 2.18. The number of aliphatic hydroxyl groups excluding tert-OH is 1. The first kappa shape index (κ1) is 12.6. The van der Waals surface area contributed by atoms with E-state index >= 15 is 0 Å². The summed E-state index contributed by atoms with van der Waals surface area (Å²) in [6.45, 7) is 2.54. The number of aliphatic hydroxyl groups is 1. The first-order valence-electron chi connectivity index (χ1n) is 6.13. The van der Waals surface area contributed by atoms with Gasteiger partial charge in [-0.3, -0.25) is 0 Å². The zero-order chi connectivity index (χ0) is 13.0. The van der Waals surface area contributed by atoms with Crippen LogP contribution >= 0.6 is 0 Å². The Morgan fingerprint density at radius 2 is 2.22 bits per heavy atom. The zero-order valence-electron chi connectivity index (χ0n) is 10.4. The van der Waals surface area contributed by atoms with E-state index in [1.165, 1.54) is 6.33 Å². The van der Waals surface area contributed by atoms with Crippen LogP contribution in [-0.4, -0.2) is 27.7 Å². The van der Waals surface area contributed by atoms with Crippen molar-refractivity contribution >= 4 is 22.4 Å². The van der Waals surface area contributed by atoms with Crippen LogP contribution in [0.4, 0.5) is 11.5 Å². The van der Waals surface area contributed by atoms with E-state index in [2.05, 4.69) is 15.3 Å². The molecule has 1 aromatic carbocycles. The molecular weight excluding hydrogens is 228 g/mol. The predicted molar refractivity (Wildman–Crippen MR) is 73.4 cm³/mol. The van der Waals surface area contributed by atoms with E-state index < -0.39 is 0 Å². The number of nitrogen functional groups attached to an aromatic ring is 1. The van der Waals surface area contributed by atoms with Gasteiger partial charge in [0.25, 0.3) is 0 Å². The van der Waals surface area contributed by atoms with Crippen LogP contribution in [0.2, 0.25) is 0 Å². The molecule has 0 fully saturated rings. The number of hydrogen-bond acceptors (Lipinski definition) is 5. The van der Waals surface area contributed by atoms with Crippen LogP contribution in [0.5, 0.6) is 0 Å². The smallest absolute Gasteiger partial charge is 0.137 e. The van der Waals surface area contributed by atoms with E-state index in [1.54, 1.807) is 0 Å². The van der Waals surface area contributed by atoms with Gasteiger partial charge in [-0.2, -0.15) is 0 Å². The molecule has 2 rings (SSSR count). The highest BCUT2D eigenvalue weighted by Crippen LogP contribution is 2.21. The molecule has 0 bridgehead atoms. The molecule has 1 heterocycles. The lowest BCUT2D eigenvalue weighted by Crippen LogP contribution is -2.19. The molecule has 0 saturated heterocycles. The van der Waals surface area contributed by atoms with Gasteiger partial charge in [-0.15, -0.1) is 0 Å². The SMILES string of the molecule is CCCC(O)CNc1ncnc2cc(N)ccc12. The summed E-state index contributed by atoms with van der Waals surface area (Å²) in [6.07, 6.45) is 2.89. The molecule has 0 saturated carbocycles. The molecule has 2 aromatic rings. The molecule has 0 spiro atoms. The molecule has 5 nitrogen and oxygen atoms in total. The number of nitrogens with one attached hydrogen (secondary N) is 1. The number of fused-ring (bicyclic) bond motifs is 1. The van der Waals surface area contributed by atoms with Crippen molar-refractivity contribution in [2.45, 2.75) is 25.9 Å². The summed E-state index contributed by atoms with van der Waals surface area (Å²) in [6, 6.07) is 5.52. The van der Waals surface area contributed by atoms with Crippen LogP contribution < -0.4 is 11.1 Å². The monoisotopic (exact) mass is 246 g/mol. The van der Waals surface area contributed by atoms with Crippen molar-refractivity contribution in [1.29, 1.82) is 0 Å². The Labute approximate surface area is 106 Å². The number of nitrogens with two attached hydrogens (primary N) is 1. The van der Waals surface area contributed by atoms with Gasteiger partial charge >= 0.3 is 0 Å². The van der Waals surface area contributed by atoms with Crippen molar-refractivity contribution in [3.8, 4) is 0 Å². The van der Waals surface area contributed by atoms with Gasteiger partial charge in [0, 0.05) is 17.6 Å². The number of anilines is 2. The highest BCUT2D eigenvalue weighted by molar-refractivity contribution is 5.90. The Kier molecular flexibility index (Phi) is 3.94. The minimum Gasteiger partial charge on any atom is -0.399 e. The van der Waals surface area contributed by atoms with Gasteiger partial charge in [0.05, 0.1) is 11.6 Å². The van der Waals surface area contributed by atoms with Crippen LogP contribution in [-0.2, 0) is 0 Å². The number of benzene rings is 1. The lowest BCUT2D eigenvalue weighted by Gasteiger charge is -2.12. The summed E-state index contributed by atoms with van der Waals surface area (Å²) >= 11 is 0. The second-order valence-electron chi connectivity index (χ2n) is 4.32. The highest BCUT2D eigenvalue weighted by atomic mass is 16.3. The van der Waals surface area contributed by atoms with E-state index in [4.69, 9.17) is 5.73 Å². The van der Waals surface area contributed by atoms with Crippen LogP contribution in [0, 0.1) is 0 Å². The van der Waals surface area contributed by atoms with Gasteiger partial charge in [-0.25, -0.2) is 9.97 Å². The molecule has 4 N–H and O–H groups in total. The van der Waals surface area contributed by atoms with Crippen molar-refractivity contribution in [2.75, 3.05) is 17.6 Å². The summed E-state index contributed by atoms with van der Waals surface area (Å²) in [5.41, 5.74) is 7.20. The van der Waals surface area contributed by atoms with Crippen molar-refractivity contribution in [3.05, 3.63) is 24.5 Å². The van der Waals surface area contributed by atoms with Crippen LogP contribution in [0.1, 0.15) is 19.8 Å². The first-order valence-corrected chi connectivity index (χ1v) is 6.13. The molecule has 0 aliphatic carbocycles. The van der Waals surface area contributed by atoms with E-state index in [1.807, 2.05) is 25.1 Å². The predicted octanol–water partition coefficient (Wildman–Crippen LogP) is 1.78. The topological polar surface area (TPSA) is 84.1 Å². The van der Waals surface area contributed by atoms with Gasteiger partial charge in [-0.1, -0.05) is 13.3 Å². The molecule has 5 heteroatoms. The van der Waals surface area contributed by atoms with Crippen LogP contribution in [0.15, 0.2) is 24.5 Å². The third kappa shape index (κ3) is 2.87. The van der Waals surface area contributed by atoms with E-state index in [0.717, 1.165) is 29.6 Å². The molecule has 1 atom stereocenters. The second kappa shape index (κ2) is 5.64. The van der Waals surface area contributed by atoms with Gasteiger partial charge in [-0.05, 0) is 24.6 Å². The largest absolute Gasteiger partial charge is 0.399 e. The van der Waals surface area contributed by atoms with Crippen molar-refractivity contribution in [2.24, 2.45) is 0 Å². The molecule has 1 unspecified atom stereocenters. The Morgan fingerprint density at radius 1 is 1.39 bits per heavy atom. The number of aromatic nitrogens is 2. The minimum absolute atomic E-state index is 0.353. The Bertz CT molecular complexity index is 529. The summed E-state index contributed by atoms with van der Waals surface area (Å²) in [7, 11) is 0. The fourth-order valence-electron chi connectivity index (χ4n) is 1.86. The number of nitrogens with zero attached hydrogens (tertiary/aromatic N) is 2. The zero-order valence-corrected chi connectivity index (χ0v) is 10.4. The average molecular weight is 246 g/mol. The van der Waals surface area contributed by atoms with Gasteiger partial charge in [0.15, 0.2) is 0 Å². The molecule has 96 valence electrons. The summed E-state index contributed by atoms with van der Waals surface area (Å²) < 4.78 is 0. The van der Waals surface area contributed by atoms with Crippen molar-refractivity contribution in [1.82, 2.24) is 9.97 Å². The molecular formula is C13H18N4O. The highest BCUT2D eigenvalue weighted by Gasteiger charge is 2.06. The fraction of sp³-hybridized carbons (Fsp3) is 0.385. The normalized spacial score (nSPS) is 12.6. The maximum absolute atomic E-state index is 9.70. The lowest BCUT2D eigenvalue weighted by atomic mass is 10.2. The molecule has 0 aliphatic heterocycles. The molecule has 1 aromatic heterocycles. The third-order valence-corrected chi connectivity index (χ3v) is 2.79. The lowest BCUT2D eigenvalue weighted by molar-refractivity contribution is 0.176. The van der Waals surface area contributed by atoms with Crippen molar-refractivity contribution in [3.63, 3.8) is 0 Å². The number of hydrogen-bond donors (Lipinski definition) is 3. The Morgan fingerprint density at radius 3 is 3.00 bits per heavy atom. The van der Waals surface area contributed by atoms with Crippen LogP contribution in [0.25, 0.3) is 10.9 Å². The second-order valence-corrected chi connectivity index (χ2v) is 4.32. The van der Waals surface area contributed by atoms with E-state index in [9.17, 15) is 5.11 Å². The molecule has 0 amide bonds. The summed E-state index contributed by atoms with van der Waals surface area (Å²) in [4.78, 5) is 8.37. The standard InChI is InChI=1S/C13H18N4O/c1-2-3-10(18)7-15-13-11-5-4-9(14)6-12(11)16-8-17-13/h4-6,8,10,18H,2-3,7,14H2,1H3,(H,15,16,17). The van der Waals surface area contributed by atoms with Crippen molar-refractivity contribution < 1.29 is 5.11 Å².